The van der Waals surface area contributed by atoms with E-state index in [2.05, 4.69) is 44.5 Å². The number of anilines is 1. The van der Waals surface area contributed by atoms with Crippen molar-refractivity contribution in [2.24, 2.45) is 17.8 Å². The van der Waals surface area contributed by atoms with Gasteiger partial charge < -0.3 is 10.2 Å². The summed E-state index contributed by atoms with van der Waals surface area (Å²) in [6.45, 7) is 2.99. The van der Waals surface area contributed by atoms with Crippen LogP contribution in [0.1, 0.15) is 12.0 Å². The largest absolute Gasteiger partial charge is 0.371 e. The minimum Gasteiger partial charge on any atom is -0.371 e. The normalized spacial score (nSPS) is 22.8. The van der Waals surface area contributed by atoms with Gasteiger partial charge in [-0.2, -0.15) is 0 Å². The monoisotopic (exact) mass is 384 g/mol. The van der Waals surface area contributed by atoms with Crippen molar-refractivity contribution in [1.82, 2.24) is 15.3 Å². The zero-order valence-corrected chi connectivity index (χ0v) is 16.2. The maximum atomic E-state index is 12.0. The Bertz CT molecular complexity index is 1040. The molecule has 0 spiro atoms. The summed E-state index contributed by atoms with van der Waals surface area (Å²) in [6, 6.07) is 12.5. The molecule has 0 radical (unpaired) electrons. The van der Waals surface area contributed by atoms with Gasteiger partial charge in [0.05, 0.1) is 0 Å². The summed E-state index contributed by atoms with van der Waals surface area (Å²) < 4.78 is 0. The van der Waals surface area contributed by atoms with E-state index < -0.39 is 0 Å². The highest BCUT2D eigenvalue weighted by Crippen LogP contribution is 2.54. The van der Waals surface area contributed by atoms with Gasteiger partial charge in [0.15, 0.2) is 0 Å². The second kappa shape index (κ2) is 7.66. The average molecular weight is 384 g/mol. The van der Waals surface area contributed by atoms with Gasteiger partial charge in [0.2, 0.25) is 5.91 Å². The molecule has 3 heterocycles. The Hall–Kier alpha value is -3.21. The summed E-state index contributed by atoms with van der Waals surface area (Å²) in [7, 11) is 0. The summed E-state index contributed by atoms with van der Waals surface area (Å²) in [5, 5.41) is 5.44. The van der Waals surface area contributed by atoms with Crippen LogP contribution in [0.2, 0.25) is 0 Å². The fourth-order valence-electron chi connectivity index (χ4n) is 4.62. The molecule has 2 aromatic heterocycles. The summed E-state index contributed by atoms with van der Waals surface area (Å²) >= 11 is 0. The third-order valence-electron chi connectivity index (χ3n) is 6.25. The van der Waals surface area contributed by atoms with Gasteiger partial charge in [-0.3, -0.25) is 14.8 Å². The highest BCUT2D eigenvalue weighted by atomic mass is 16.1. The highest BCUT2D eigenvalue weighted by molar-refractivity contribution is 5.91. The average Bonchev–Trinajstić information content (AvgIpc) is 3.20. The number of rotatable bonds is 6. The first-order chi connectivity index (χ1) is 14.3. The lowest BCUT2D eigenvalue weighted by molar-refractivity contribution is -0.116. The van der Waals surface area contributed by atoms with Gasteiger partial charge in [0.25, 0.3) is 0 Å². The van der Waals surface area contributed by atoms with Crippen molar-refractivity contribution in [2.45, 2.75) is 6.42 Å². The Balaban J connectivity index is 1.08. The predicted molar refractivity (Wildman–Crippen MR) is 115 cm³/mol. The minimum atomic E-state index is -0.0361. The van der Waals surface area contributed by atoms with Crippen LogP contribution < -0.4 is 10.2 Å². The Labute approximate surface area is 170 Å². The third kappa shape index (κ3) is 3.86. The molecule has 5 rings (SSSR count). The van der Waals surface area contributed by atoms with Crippen LogP contribution in [0.5, 0.6) is 0 Å². The Morgan fingerprint density at radius 1 is 1.07 bits per heavy atom. The van der Waals surface area contributed by atoms with Gasteiger partial charge in [-0.15, -0.1) is 0 Å². The van der Waals surface area contributed by atoms with Crippen LogP contribution >= 0.6 is 0 Å². The Morgan fingerprint density at radius 3 is 2.76 bits per heavy atom. The number of aromatic nitrogens is 2. The molecule has 2 fully saturated rings. The van der Waals surface area contributed by atoms with Gasteiger partial charge in [0, 0.05) is 61.6 Å². The number of nitrogens with zero attached hydrogens (tertiary/aromatic N) is 3. The summed E-state index contributed by atoms with van der Waals surface area (Å²) in [5.74, 6) is 2.24. The molecule has 29 heavy (non-hydrogen) atoms. The molecule has 1 aliphatic carbocycles. The minimum absolute atomic E-state index is 0.0361. The second-order valence-electron chi connectivity index (χ2n) is 8.00. The molecule has 1 saturated carbocycles. The third-order valence-corrected chi connectivity index (χ3v) is 6.25. The van der Waals surface area contributed by atoms with Gasteiger partial charge in [0.1, 0.15) is 0 Å². The number of carbonyl (C=O) groups is 1. The van der Waals surface area contributed by atoms with Crippen molar-refractivity contribution in [2.75, 3.05) is 24.5 Å². The van der Waals surface area contributed by atoms with Crippen molar-refractivity contribution >= 4 is 28.4 Å². The van der Waals surface area contributed by atoms with Crippen LogP contribution in [-0.2, 0) is 4.79 Å². The summed E-state index contributed by atoms with van der Waals surface area (Å²) in [4.78, 5) is 22.7. The predicted octanol–water partition coefficient (Wildman–Crippen LogP) is 3.53. The number of amides is 1. The summed E-state index contributed by atoms with van der Waals surface area (Å²) in [6.07, 6.45) is 11.7. The fourth-order valence-corrected chi connectivity index (χ4v) is 4.62. The van der Waals surface area contributed by atoms with Gasteiger partial charge >= 0.3 is 0 Å². The SMILES string of the molecule is O=C(/C=C/c1cccnc1)NCC[C@@H]1[C@H]2CN(c3ccc4ccncc4c3)C[C@@H]12. The highest BCUT2D eigenvalue weighted by Gasteiger charge is 2.54. The van der Waals surface area contributed by atoms with Crippen LogP contribution in [0.25, 0.3) is 16.8 Å². The quantitative estimate of drug-likeness (QED) is 0.661. The molecule has 3 aromatic rings. The zero-order valence-electron chi connectivity index (χ0n) is 16.2. The zero-order chi connectivity index (χ0) is 19.6. The van der Waals surface area contributed by atoms with Crippen molar-refractivity contribution < 1.29 is 4.79 Å². The maximum Gasteiger partial charge on any atom is 0.244 e. The van der Waals surface area contributed by atoms with Crippen LogP contribution in [-0.4, -0.2) is 35.5 Å². The first kappa shape index (κ1) is 17.9. The fraction of sp³-hybridized carbons (Fsp3) is 0.292. The van der Waals surface area contributed by atoms with Crippen molar-refractivity contribution in [3.05, 3.63) is 72.8 Å². The van der Waals surface area contributed by atoms with Crippen LogP contribution in [0, 0.1) is 17.8 Å². The molecule has 146 valence electrons. The molecule has 1 aliphatic heterocycles. The van der Waals surface area contributed by atoms with Crippen molar-refractivity contribution in [1.29, 1.82) is 0 Å². The molecule has 1 N–H and O–H groups in total. The van der Waals surface area contributed by atoms with Crippen LogP contribution in [0.15, 0.2) is 67.3 Å². The van der Waals surface area contributed by atoms with Gasteiger partial charge in [-0.1, -0.05) is 12.1 Å². The smallest absolute Gasteiger partial charge is 0.244 e. The summed E-state index contributed by atoms with van der Waals surface area (Å²) in [5.41, 5.74) is 2.23. The topological polar surface area (TPSA) is 58.1 Å². The lowest BCUT2D eigenvalue weighted by Gasteiger charge is -2.22. The Morgan fingerprint density at radius 2 is 1.93 bits per heavy atom. The number of carbonyl (C=O) groups excluding carboxylic acids is 1. The van der Waals surface area contributed by atoms with Crippen LogP contribution in [0.4, 0.5) is 5.69 Å². The molecule has 0 unspecified atom stereocenters. The number of hydrogen-bond acceptors (Lipinski definition) is 4. The molecule has 0 bridgehead atoms. The van der Waals surface area contributed by atoms with E-state index in [9.17, 15) is 4.79 Å². The number of fused-ring (bicyclic) bond motifs is 2. The van der Waals surface area contributed by atoms with Gasteiger partial charge in [-0.25, -0.2) is 0 Å². The maximum absolute atomic E-state index is 12.0. The first-order valence-corrected chi connectivity index (χ1v) is 10.2. The van der Waals surface area contributed by atoms with Crippen molar-refractivity contribution in [3.8, 4) is 0 Å². The molecule has 5 heteroatoms. The lowest BCUT2D eigenvalue weighted by atomic mass is 10.1. The van der Waals surface area contributed by atoms with E-state index in [-0.39, 0.29) is 5.91 Å². The van der Waals surface area contributed by atoms with E-state index in [1.807, 2.05) is 24.5 Å². The number of piperidine rings is 1. The number of benzene rings is 1. The molecule has 1 aromatic carbocycles. The molecule has 1 saturated heterocycles. The van der Waals surface area contributed by atoms with Crippen LogP contribution in [0.3, 0.4) is 0 Å². The van der Waals surface area contributed by atoms with E-state index >= 15 is 0 Å². The van der Waals surface area contributed by atoms with E-state index in [0.29, 0.717) is 0 Å². The number of hydrogen-bond donors (Lipinski definition) is 1. The molecule has 3 atom stereocenters. The molecule has 1 amide bonds. The molecular formula is C24H24N4O. The number of nitrogens with one attached hydrogen (secondary N) is 1. The first-order valence-electron chi connectivity index (χ1n) is 10.2. The van der Waals surface area contributed by atoms with Crippen molar-refractivity contribution in [3.63, 3.8) is 0 Å². The number of pyridine rings is 2. The molecular weight excluding hydrogens is 360 g/mol. The van der Waals surface area contributed by atoms with Gasteiger partial charge in [-0.05, 0) is 65.5 Å². The second-order valence-corrected chi connectivity index (χ2v) is 8.00. The van der Waals surface area contributed by atoms with E-state index in [1.54, 1.807) is 24.5 Å². The van der Waals surface area contributed by atoms with E-state index in [4.69, 9.17) is 0 Å². The standard InChI is InChI=1S/C24H24N4O/c29-24(6-3-17-2-1-9-25-13-17)27-11-8-21-22-15-28(16-23(21)22)20-5-4-18-7-10-26-14-19(18)12-20/h1-7,9-10,12-14,21-23H,8,11,15-16H2,(H,27,29)/b6-3+/t21-,22-,23+. The lowest BCUT2D eigenvalue weighted by Crippen LogP contribution is -2.26. The van der Waals surface area contributed by atoms with E-state index in [1.165, 1.54) is 16.5 Å². The Kier molecular flexibility index (Phi) is 4.72. The molecule has 2 aliphatic rings. The molecule has 5 nitrogen and oxygen atoms in total. The van der Waals surface area contributed by atoms with E-state index in [0.717, 1.165) is 49.4 Å².